The lowest BCUT2D eigenvalue weighted by Crippen LogP contribution is -1.83. The Balaban J connectivity index is 2.28. The van der Waals surface area contributed by atoms with Crippen LogP contribution in [0.5, 0.6) is 5.75 Å². The van der Waals surface area contributed by atoms with E-state index in [2.05, 4.69) is 49.0 Å². The van der Waals surface area contributed by atoms with Crippen LogP contribution in [0.2, 0.25) is 0 Å². The highest BCUT2D eigenvalue weighted by molar-refractivity contribution is 7.79. The van der Waals surface area contributed by atoms with Crippen molar-refractivity contribution < 1.29 is 4.74 Å². The van der Waals surface area contributed by atoms with Crippen LogP contribution >= 0.6 is 12.6 Å². The Bertz CT molecular complexity index is 400. The summed E-state index contributed by atoms with van der Waals surface area (Å²) in [5.41, 5.74) is 3.65. The van der Waals surface area contributed by atoms with Gasteiger partial charge in [0, 0.05) is 5.75 Å². The van der Waals surface area contributed by atoms with E-state index in [1.807, 2.05) is 12.1 Å². The predicted molar refractivity (Wildman–Crippen MR) is 71.1 cm³/mol. The summed E-state index contributed by atoms with van der Waals surface area (Å²) in [5, 5.41) is 0. The van der Waals surface area contributed by atoms with Crippen LogP contribution in [-0.4, -0.2) is 7.11 Å². The van der Waals surface area contributed by atoms with Crippen LogP contribution in [0.4, 0.5) is 0 Å². The van der Waals surface area contributed by atoms with Crippen molar-refractivity contribution in [1.29, 1.82) is 0 Å². The second-order valence-electron chi connectivity index (χ2n) is 3.58. The molecule has 2 rings (SSSR count). The minimum Gasteiger partial charge on any atom is -0.497 e. The van der Waals surface area contributed by atoms with E-state index in [4.69, 9.17) is 4.74 Å². The van der Waals surface area contributed by atoms with E-state index in [0.717, 1.165) is 11.5 Å². The van der Waals surface area contributed by atoms with E-state index in [1.54, 1.807) is 7.11 Å². The SMILES string of the molecule is COc1ccc(-c2ccc(CS)cc2)cc1. The smallest absolute Gasteiger partial charge is 0.118 e. The van der Waals surface area contributed by atoms with E-state index in [1.165, 1.54) is 16.7 Å². The summed E-state index contributed by atoms with van der Waals surface area (Å²) < 4.78 is 5.13. The van der Waals surface area contributed by atoms with Crippen molar-refractivity contribution in [3.05, 3.63) is 54.1 Å². The average molecular weight is 230 g/mol. The lowest BCUT2D eigenvalue weighted by atomic mass is 10.0. The van der Waals surface area contributed by atoms with Crippen molar-refractivity contribution >= 4 is 12.6 Å². The minimum absolute atomic E-state index is 0.781. The normalized spacial score (nSPS) is 10.1. The fourth-order valence-electron chi connectivity index (χ4n) is 1.59. The molecule has 2 aromatic rings. The third-order valence-electron chi connectivity index (χ3n) is 2.56. The highest BCUT2D eigenvalue weighted by atomic mass is 32.1. The fourth-order valence-corrected chi connectivity index (χ4v) is 1.80. The van der Waals surface area contributed by atoms with Gasteiger partial charge >= 0.3 is 0 Å². The largest absolute Gasteiger partial charge is 0.497 e. The first-order valence-corrected chi connectivity index (χ1v) is 5.81. The average Bonchev–Trinajstić information content (AvgIpc) is 2.39. The maximum absolute atomic E-state index is 5.13. The molecule has 82 valence electrons. The van der Waals surface area contributed by atoms with E-state index in [-0.39, 0.29) is 0 Å². The summed E-state index contributed by atoms with van der Waals surface area (Å²) in [6, 6.07) is 16.5. The number of benzene rings is 2. The molecule has 2 aromatic carbocycles. The van der Waals surface area contributed by atoms with E-state index >= 15 is 0 Å². The summed E-state index contributed by atoms with van der Waals surface area (Å²) in [5.74, 6) is 1.67. The molecule has 0 radical (unpaired) electrons. The van der Waals surface area contributed by atoms with Crippen molar-refractivity contribution in [3.63, 3.8) is 0 Å². The Hall–Kier alpha value is -1.41. The Morgan fingerprint density at radius 1 is 0.875 bits per heavy atom. The lowest BCUT2D eigenvalue weighted by Gasteiger charge is -2.04. The summed E-state index contributed by atoms with van der Waals surface area (Å²) in [6.45, 7) is 0. The Kier molecular flexibility index (Phi) is 3.52. The molecule has 0 aromatic heterocycles. The second kappa shape index (κ2) is 5.08. The van der Waals surface area contributed by atoms with Crippen LogP contribution in [0, 0.1) is 0 Å². The van der Waals surface area contributed by atoms with Crippen molar-refractivity contribution in [3.8, 4) is 16.9 Å². The number of methoxy groups -OCH3 is 1. The highest BCUT2D eigenvalue weighted by Crippen LogP contribution is 2.22. The summed E-state index contributed by atoms with van der Waals surface area (Å²) in [7, 11) is 1.68. The molecule has 0 aliphatic heterocycles. The topological polar surface area (TPSA) is 9.23 Å². The molecule has 0 aliphatic rings. The molecule has 1 nitrogen and oxygen atoms in total. The van der Waals surface area contributed by atoms with Gasteiger partial charge in [0.05, 0.1) is 7.11 Å². The molecule has 0 saturated carbocycles. The van der Waals surface area contributed by atoms with Gasteiger partial charge in [0.2, 0.25) is 0 Å². The highest BCUT2D eigenvalue weighted by Gasteiger charge is 1.98. The Morgan fingerprint density at radius 3 is 1.81 bits per heavy atom. The molecule has 0 N–H and O–H groups in total. The van der Waals surface area contributed by atoms with Crippen LogP contribution in [-0.2, 0) is 5.75 Å². The van der Waals surface area contributed by atoms with Gasteiger partial charge < -0.3 is 4.74 Å². The number of hydrogen-bond donors (Lipinski definition) is 1. The molecule has 0 fully saturated rings. The van der Waals surface area contributed by atoms with E-state index < -0.39 is 0 Å². The van der Waals surface area contributed by atoms with Crippen molar-refractivity contribution in [2.24, 2.45) is 0 Å². The molecular formula is C14H14OS. The molecule has 2 heteroatoms. The van der Waals surface area contributed by atoms with Crippen molar-refractivity contribution in [1.82, 2.24) is 0 Å². The minimum atomic E-state index is 0.781. The van der Waals surface area contributed by atoms with Gasteiger partial charge in [-0.3, -0.25) is 0 Å². The Morgan fingerprint density at radius 2 is 1.38 bits per heavy atom. The van der Waals surface area contributed by atoms with Gasteiger partial charge in [0.25, 0.3) is 0 Å². The first-order chi connectivity index (χ1) is 7.83. The monoisotopic (exact) mass is 230 g/mol. The molecule has 0 bridgehead atoms. The van der Waals surface area contributed by atoms with Crippen molar-refractivity contribution in [2.45, 2.75) is 5.75 Å². The molecule has 0 aliphatic carbocycles. The number of ether oxygens (including phenoxy) is 1. The third-order valence-corrected chi connectivity index (χ3v) is 2.93. The molecule has 0 heterocycles. The van der Waals surface area contributed by atoms with Gasteiger partial charge in [-0.15, -0.1) is 0 Å². The summed E-state index contributed by atoms with van der Waals surface area (Å²) in [4.78, 5) is 0. The zero-order valence-electron chi connectivity index (χ0n) is 9.18. The van der Waals surface area contributed by atoms with E-state index in [9.17, 15) is 0 Å². The molecule has 0 unspecified atom stereocenters. The number of thiol groups is 1. The van der Waals surface area contributed by atoms with Crippen LogP contribution in [0.15, 0.2) is 48.5 Å². The molecule has 0 atom stereocenters. The van der Waals surface area contributed by atoms with Crippen LogP contribution in [0.3, 0.4) is 0 Å². The van der Waals surface area contributed by atoms with Gasteiger partial charge in [0.1, 0.15) is 5.75 Å². The maximum Gasteiger partial charge on any atom is 0.118 e. The fraction of sp³-hybridized carbons (Fsp3) is 0.143. The molecular weight excluding hydrogens is 216 g/mol. The second-order valence-corrected chi connectivity index (χ2v) is 3.90. The predicted octanol–water partition coefficient (Wildman–Crippen LogP) is 3.79. The van der Waals surface area contributed by atoms with Gasteiger partial charge in [-0.1, -0.05) is 36.4 Å². The van der Waals surface area contributed by atoms with Gasteiger partial charge in [-0.25, -0.2) is 0 Å². The van der Waals surface area contributed by atoms with Crippen LogP contribution < -0.4 is 4.74 Å². The Labute approximate surface area is 101 Å². The summed E-state index contributed by atoms with van der Waals surface area (Å²) >= 11 is 4.24. The lowest BCUT2D eigenvalue weighted by molar-refractivity contribution is 0.415. The molecule has 0 spiro atoms. The molecule has 0 amide bonds. The first-order valence-electron chi connectivity index (χ1n) is 5.17. The zero-order chi connectivity index (χ0) is 11.4. The zero-order valence-corrected chi connectivity index (χ0v) is 10.1. The number of hydrogen-bond acceptors (Lipinski definition) is 2. The summed E-state index contributed by atoms with van der Waals surface area (Å²) in [6.07, 6.45) is 0. The van der Waals surface area contributed by atoms with Crippen LogP contribution in [0.25, 0.3) is 11.1 Å². The van der Waals surface area contributed by atoms with Crippen molar-refractivity contribution in [2.75, 3.05) is 7.11 Å². The molecule has 16 heavy (non-hydrogen) atoms. The van der Waals surface area contributed by atoms with Crippen LogP contribution in [0.1, 0.15) is 5.56 Å². The van der Waals surface area contributed by atoms with Gasteiger partial charge in [-0.05, 0) is 28.8 Å². The number of rotatable bonds is 3. The maximum atomic E-state index is 5.13. The van der Waals surface area contributed by atoms with Gasteiger partial charge in [0.15, 0.2) is 0 Å². The molecule has 0 saturated heterocycles. The van der Waals surface area contributed by atoms with E-state index in [0.29, 0.717) is 0 Å². The quantitative estimate of drug-likeness (QED) is 0.789. The van der Waals surface area contributed by atoms with Gasteiger partial charge in [-0.2, -0.15) is 12.6 Å². The standard InChI is InChI=1S/C14H14OS/c1-15-14-8-6-13(7-9-14)12-4-2-11(10-16)3-5-12/h2-9,16H,10H2,1H3. The first kappa shape index (κ1) is 11.1. The third kappa shape index (κ3) is 2.39.